The van der Waals surface area contributed by atoms with Gasteiger partial charge in [-0.15, -0.1) is 0 Å². The molecule has 0 bridgehead atoms. The van der Waals surface area contributed by atoms with E-state index in [4.69, 9.17) is 0 Å². The van der Waals surface area contributed by atoms with Gasteiger partial charge in [0.05, 0.1) is 0 Å². The van der Waals surface area contributed by atoms with Crippen LogP contribution in [0.15, 0.2) is 0 Å². The van der Waals surface area contributed by atoms with Gasteiger partial charge in [-0.3, -0.25) is 4.90 Å². The van der Waals surface area contributed by atoms with Gasteiger partial charge in [0.15, 0.2) is 0 Å². The molecule has 0 spiro atoms. The second kappa shape index (κ2) is 10.3. The summed E-state index contributed by atoms with van der Waals surface area (Å²) in [4.78, 5) is 3.19. The summed E-state index contributed by atoms with van der Waals surface area (Å²) in [6.45, 7) is 2.50. The molecule has 1 heteroatoms. The first-order valence-electron chi connectivity index (χ1n) is 14.6. The molecule has 5 aliphatic carbocycles. The molecule has 0 amide bonds. The molecule has 0 radical (unpaired) electrons. The Balaban J connectivity index is 1.22. The predicted octanol–water partition coefficient (Wildman–Crippen LogP) is 8.37. The molecule has 0 N–H and O–H groups in total. The molecule has 3 unspecified atom stereocenters. The van der Waals surface area contributed by atoms with Crippen molar-refractivity contribution in [2.24, 2.45) is 29.6 Å². The Morgan fingerprint density at radius 2 is 0.867 bits per heavy atom. The molecule has 0 heterocycles. The molecule has 172 valence electrons. The molecule has 5 aliphatic rings. The van der Waals surface area contributed by atoms with Crippen molar-refractivity contribution in [3.63, 3.8) is 0 Å². The van der Waals surface area contributed by atoms with Crippen molar-refractivity contribution >= 4 is 0 Å². The molecule has 5 saturated carbocycles. The summed E-state index contributed by atoms with van der Waals surface area (Å²) in [5, 5.41) is 0. The van der Waals surface area contributed by atoms with Crippen molar-refractivity contribution in [3.8, 4) is 0 Å². The lowest BCUT2D eigenvalue weighted by atomic mass is 9.60. The minimum Gasteiger partial charge on any atom is -0.294 e. The van der Waals surface area contributed by atoms with E-state index in [0.717, 1.165) is 47.7 Å². The maximum absolute atomic E-state index is 3.19. The van der Waals surface area contributed by atoms with E-state index >= 15 is 0 Å². The molecule has 0 aromatic rings. The maximum atomic E-state index is 3.19. The summed E-state index contributed by atoms with van der Waals surface area (Å²) >= 11 is 0. The van der Waals surface area contributed by atoms with Gasteiger partial charge < -0.3 is 0 Å². The molecule has 0 aromatic carbocycles. The minimum absolute atomic E-state index is 0.934. The summed E-state index contributed by atoms with van der Waals surface area (Å²) in [5.41, 5.74) is 0. The quantitative estimate of drug-likeness (QED) is 0.447. The van der Waals surface area contributed by atoms with E-state index < -0.39 is 0 Å². The Bertz CT molecular complexity index is 504. The van der Waals surface area contributed by atoms with Crippen LogP contribution in [0, 0.1) is 29.6 Å². The van der Waals surface area contributed by atoms with E-state index in [1.807, 2.05) is 0 Å². The second-order valence-corrected chi connectivity index (χ2v) is 12.5. The molecular weight excluding hydrogens is 362 g/mol. The van der Waals surface area contributed by atoms with Crippen LogP contribution in [0.5, 0.6) is 0 Å². The highest BCUT2D eigenvalue weighted by atomic mass is 15.2. The monoisotopic (exact) mass is 413 g/mol. The molecule has 30 heavy (non-hydrogen) atoms. The van der Waals surface area contributed by atoms with E-state index in [1.165, 1.54) is 64.2 Å². The van der Waals surface area contributed by atoms with Gasteiger partial charge in [0, 0.05) is 18.1 Å². The van der Waals surface area contributed by atoms with Crippen LogP contribution in [0.3, 0.4) is 0 Å². The highest BCUT2D eigenvalue weighted by Crippen LogP contribution is 2.50. The van der Waals surface area contributed by atoms with Crippen molar-refractivity contribution in [2.75, 3.05) is 0 Å². The average molecular weight is 414 g/mol. The normalized spacial score (nSPS) is 44.0. The smallest absolute Gasteiger partial charge is 0.0101 e. The van der Waals surface area contributed by atoms with Gasteiger partial charge >= 0.3 is 0 Å². The van der Waals surface area contributed by atoms with E-state index in [2.05, 4.69) is 11.8 Å². The molecule has 5 fully saturated rings. The summed E-state index contributed by atoms with van der Waals surface area (Å²) in [6.07, 6.45) is 30.7. The lowest BCUT2D eigenvalue weighted by molar-refractivity contribution is -0.00848. The first-order chi connectivity index (χ1) is 14.8. The van der Waals surface area contributed by atoms with Crippen LogP contribution in [-0.4, -0.2) is 23.0 Å². The molecule has 0 aliphatic heterocycles. The Hall–Kier alpha value is -0.0400. The van der Waals surface area contributed by atoms with Gasteiger partial charge in [0.25, 0.3) is 0 Å². The van der Waals surface area contributed by atoms with E-state index in [-0.39, 0.29) is 0 Å². The summed E-state index contributed by atoms with van der Waals surface area (Å²) in [6, 6.07) is 2.81. The fourth-order valence-electron chi connectivity index (χ4n) is 9.22. The fraction of sp³-hybridized carbons (Fsp3) is 1.00. The molecule has 3 atom stereocenters. The first-order valence-corrected chi connectivity index (χ1v) is 14.6. The van der Waals surface area contributed by atoms with Crippen LogP contribution in [0.1, 0.15) is 135 Å². The number of fused-ring (bicyclic) bond motifs is 1. The fourth-order valence-corrected chi connectivity index (χ4v) is 9.22. The Morgan fingerprint density at radius 1 is 0.400 bits per heavy atom. The number of hydrogen-bond donors (Lipinski definition) is 0. The van der Waals surface area contributed by atoms with Crippen LogP contribution in [0.2, 0.25) is 0 Å². The highest BCUT2D eigenvalue weighted by molar-refractivity contribution is 4.94. The molecule has 0 aromatic heterocycles. The van der Waals surface area contributed by atoms with E-state index in [9.17, 15) is 0 Å². The van der Waals surface area contributed by atoms with Crippen molar-refractivity contribution in [3.05, 3.63) is 0 Å². The van der Waals surface area contributed by atoms with Gasteiger partial charge in [-0.1, -0.05) is 58.3 Å². The zero-order valence-electron chi connectivity index (χ0n) is 20.2. The summed E-state index contributed by atoms with van der Waals surface area (Å²) in [7, 11) is 0. The van der Waals surface area contributed by atoms with Crippen LogP contribution < -0.4 is 0 Å². The maximum Gasteiger partial charge on any atom is 0.0101 e. The Kier molecular flexibility index (Phi) is 7.46. The highest BCUT2D eigenvalue weighted by Gasteiger charge is 2.42. The molecule has 0 saturated heterocycles. The second-order valence-electron chi connectivity index (χ2n) is 12.5. The SMILES string of the molecule is CC1CCC(N(C2CCCCC2)C2CCC(C3CCCC4CCCCC43)CC2)CC1. The predicted molar refractivity (Wildman–Crippen MR) is 129 cm³/mol. The van der Waals surface area contributed by atoms with Crippen molar-refractivity contribution in [2.45, 2.75) is 153 Å². The largest absolute Gasteiger partial charge is 0.294 e. The summed E-state index contributed by atoms with van der Waals surface area (Å²) < 4.78 is 0. The number of nitrogens with zero attached hydrogens (tertiary/aromatic N) is 1. The lowest BCUT2D eigenvalue weighted by Crippen LogP contribution is -2.52. The zero-order valence-corrected chi connectivity index (χ0v) is 20.2. The van der Waals surface area contributed by atoms with Crippen molar-refractivity contribution < 1.29 is 0 Å². The van der Waals surface area contributed by atoms with Gasteiger partial charge in [-0.25, -0.2) is 0 Å². The third-order valence-corrected chi connectivity index (χ3v) is 10.8. The van der Waals surface area contributed by atoms with Gasteiger partial charge in [-0.2, -0.15) is 0 Å². The number of hydrogen-bond acceptors (Lipinski definition) is 1. The minimum atomic E-state index is 0.934. The van der Waals surface area contributed by atoms with Crippen LogP contribution >= 0.6 is 0 Å². The summed E-state index contributed by atoms with van der Waals surface area (Å²) in [5.74, 6) is 5.44. The number of rotatable bonds is 4. The Morgan fingerprint density at radius 3 is 1.57 bits per heavy atom. The van der Waals surface area contributed by atoms with Crippen molar-refractivity contribution in [1.29, 1.82) is 0 Å². The van der Waals surface area contributed by atoms with Gasteiger partial charge in [0.1, 0.15) is 0 Å². The van der Waals surface area contributed by atoms with Crippen molar-refractivity contribution in [1.82, 2.24) is 4.90 Å². The van der Waals surface area contributed by atoms with Crippen LogP contribution in [0.4, 0.5) is 0 Å². The van der Waals surface area contributed by atoms with Gasteiger partial charge in [-0.05, 0) is 107 Å². The Labute approximate surface area is 188 Å². The zero-order chi connectivity index (χ0) is 20.3. The lowest BCUT2D eigenvalue weighted by Gasteiger charge is -2.51. The first kappa shape index (κ1) is 21.8. The topological polar surface area (TPSA) is 3.24 Å². The van der Waals surface area contributed by atoms with Crippen LogP contribution in [-0.2, 0) is 0 Å². The molecular formula is C29H51N. The standard InChI is InChI=1S/C29H51N/c1-22-14-18-26(19-15-22)30(25-10-3-2-4-11-25)27-20-16-24(17-21-27)29-13-7-9-23-8-5-6-12-28(23)29/h22-29H,2-21H2,1H3. The molecule has 5 rings (SSSR count). The van der Waals surface area contributed by atoms with Crippen LogP contribution in [0.25, 0.3) is 0 Å². The van der Waals surface area contributed by atoms with Gasteiger partial charge in [0.2, 0.25) is 0 Å². The average Bonchev–Trinajstić information content (AvgIpc) is 2.81. The third kappa shape index (κ3) is 4.82. The van der Waals surface area contributed by atoms with E-state index in [1.54, 1.807) is 64.2 Å². The third-order valence-electron chi connectivity index (χ3n) is 10.8. The van der Waals surface area contributed by atoms with E-state index in [0.29, 0.717) is 0 Å². The molecule has 1 nitrogen and oxygen atoms in total.